The van der Waals surface area contributed by atoms with Gasteiger partial charge in [0.25, 0.3) is 0 Å². The van der Waals surface area contributed by atoms with Crippen LogP contribution in [-0.2, 0) is 4.79 Å². The number of pyridine rings is 1. The number of carboxylic acids is 1. The molecule has 21 heavy (non-hydrogen) atoms. The van der Waals surface area contributed by atoms with Crippen molar-refractivity contribution in [3.05, 3.63) is 59.4 Å². The van der Waals surface area contributed by atoms with Crippen LogP contribution in [0.4, 0.5) is 0 Å². The molecule has 0 amide bonds. The minimum Gasteiger partial charge on any atom is -0.481 e. The van der Waals surface area contributed by atoms with Crippen molar-refractivity contribution in [2.75, 3.05) is 0 Å². The number of rotatable bonds is 4. The standard InChI is InChI=1S/C16H12N2O2S/c19-15(20)9-12(8-11-4-3-7-17-10-11)16-18-13-5-1-2-6-14(13)21-16/h1-8,10H,9H2,(H,19,20). The van der Waals surface area contributed by atoms with Gasteiger partial charge in [0.1, 0.15) is 5.01 Å². The average Bonchev–Trinajstić information content (AvgIpc) is 2.91. The van der Waals surface area contributed by atoms with E-state index in [1.807, 2.05) is 42.5 Å². The number of thiazole rings is 1. The van der Waals surface area contributed by atoms with Crippen molar-refractivity contribution in [1.29, 1.82) is 0 Å². The first-order valence-corrected chi connectivity index (χ1v) is 7.22. The highest BCUT2D eigenvalue weighted by atomic mass is 32.1. The first kappa shape index (κ1) is 13.5. The van der Waals surface area contributed by atoms with Crippen molar-refractivity contribution >= 4 is 39.2 Å². The largest absolute Gasteiger partial charge is 0.481 e. The van der Waals surface area contributed by atoms with E-state index >= 15 is 0 Å². The van der Waals surface area contributed by atoms with Gasteiger partial charge in [0.2, 0.25) is 0 Å². The third-order valence-corrected chi connectivity index (χ3v) is 4.05. The third-order valence-electron chi connectivity index (χ3n) is 2.94. The molecular formula is C16H12N2O2S. The van der Waals surface area contributed by atoms with Gasteiger partial charge in [-0.3, -0.25) is 9.78 Å². The van der Waals surface area contributed by atoms with Crippen LogP contribution in [0.3, 0.4) is 0 Å². The number of aromatic nitrogens is 2. The molecule has 0 unspecified atom stereocenters. The maximum Gasteiger partial charge on any atom is 0.307 e. The second-order valence-electron chi connectivity index (χ2n) is 4.51. The zero-order valence-corrected chi connectivity index (χ0v) is 11.9. The van der Waals surface area contributed by atoms with Crippen LogP contribution in [0.5, 0.6) is 0 Å². The van der Waals surface area contributed by atoms with Gasteiger partial charge in [0.05, 0.1) is 16.6 Å². The SMILES string of the molecule is O=C(O)CC(=Cc1cccnc1)c1nc2ccccc2s1. The number of nitrogens with zero attached hydrogens (tertiary/aromatic N) is 2. The molecule has 2 heterocycles. The lowest BCUT2D eigenvalue weighted by Gasteiger charge is -2.01. The Labute approximate surface area is 125 Å². The lowest BCUT2D eigenvalue weighted by Crippen LogP contribution is -1.97. The molecule has 0 bridgehead atoms. The first-order valence-electron chi connectivity index (χ1n) is 6.41. The second-order valence-corrected chi connectivity index (χ2v) is 5.54. The van der Waals surface area contributed by atoms with Gasteiger partial charge in [-0.15, -0.1) is 11.3 Å². The fraction of sp³-hybridized carbons (Fsp3) is 0.0625. The molecule has 4 nitrogen and oxygen atoms in total. The number of benzene rings is 1. The summed E-state index contributed by atoms with van der Waals surface area (Å²) < 4.78 is 1.05. The quantitative estimate of drug-likeness (QED) is 0.797. The second kappa shape index (κ2) is 5.85. The minimum atomic E-state index is -0.871. The molecule has 3 aromatic rings. The number of hydrogen-bond donors (Lipinski definition) is 1. The number of aliphatic carboxylic acids is 1. The van der Waals surface area contributed by atoms with Gasteiger partial charge >= 0.3 is 5.97 Å². The number of hydrogen-bond acceptors (Lipinski definition) is 4. The topological polar surface area (TPSA) is 63.1 Å². The lowest BCUT2D eigenvalue weighted by atomic mass is 10.1. The van der Waals surface area contributed by atoms with E-state index in [1.54, 1.807) is 12.4 Å². The molecule has 0 aliphatic carbocycles. The molecule has 0 aliphatic heterocycles. The van der Waals surface area contributed by atoms with E-state index in [2.05, 4.69) is 9.97 Å². The molecule has 0 fully saturated rings. The smallest absolute Gasteiger partial charge is 0.307 e. The molecule has 0 saturated heterocycles. The van der Waals surface area contributed by atoms with Gasteiger partial charge in [-0.1, -0.05) is 18.2 Å². The molecule has 0 aliphatic rings. The summed E-state index contributed by atoms with van der Waals surface area (Å²) >= 11 is 1.50. The predicted octanol–water partition coefficient (Wildman–Crippen LogP) is 3.71. The van der Waals surface area contributed by atoms with Gasteiger partial charge in [-0.2, -0.15) is 0 Å². The molecule has 0 saturated carbocycles. The summed E-state index contributed by atoms with van der Waals surface area (Å²) in [7, 11) is 0. The molecule has 5 heteroatoms. The molecular weight excluding hydrogens is 284 g/mol. The fourth-order valence-electron chi connectivity index (χ4n) is 2.02. The third kappa shape index (κ3) is 3.14. The van der Waals surface area contributed by atoms with Gasteiger partial charge < -0.3 is 5.11 Å². The zero-order valence-electron chi connectivity index (χ0n) is 11.1. The Balaban J connectivity index is 2.06. The summed E-state index contributed by atoms with van der Waals surface area (Å²) in [4.78, 5) is 19.7. The van der Waals surface area contributed by atoms with Gasteiger partial charge in [0, 0.05) is 12.4 Å². The highest BCUT2D eigenvalue weighted by Crippen LogP contribution is 2.30. The Bertz CT molecular complexity index is 776. The van der Waals surface area contributed by atoms with E-state index in [1.165, 1.54) is 11.3 Å². The summed E-state index contributed by atoms with van der Waals surface area (Å²) in [5, 5.41) is 9.86. The van der Waals surface area contributed by atoms with Crippen molar-refractivity contribution < 1.29 is 9.90 Å². The van der Waals surface area contributed by atoms with Crippen LogP contribution in [-0.4, -0.2) is 21.0 Å². The van der Waals surface area contributed by atoms with Crippen molar-refractivity contribution in [1.82, 2.24) is 9.97 Å². The first-order chi connectivity index (χ1) is 10.2. The monoisotopic (exact) mass is 296 g/mol. The number of para-hydroxylation sites is 1. The molecule has 0 radical (unpaired) electrons. The van der Waals surface area contributed by atoms with Gasteiger partial charge in [-0.25, -0.2) is 4.98 Å². The average molecular weight is 296 g/mol. The maximum absolute atomic E-state index is 11.1. The highest BCUT2D eigenvalue weighted by Gasteiger charge is 2.12. The zero-order chi connectivity index (χ0) is 14.7. The van der Waals surface area contributed by atoms with Gasteiger partial charge in [-0.05, 0) is 35.4 Å². The van der Waals surface area contributed by atoms with Crippen LogP contribution in [0.2, 0.25) is 0 Å². The summed E-state index contributed by atoms with van der Waals surface area (Å²) in [6.45, 7) is 0. The molecule has 0 atom stereocenters. The number of carbonyl (C=O) groups is 1. The Hall–Kier alpha value is -2.53. The summed E-state index contributed by atoms with van der Waals surface area (Å²) in [5.41, 5.74) is 2.45. The molecule has 1 aromatic carbocycles. The Morgan fingerprint density at radius 3 is 2.81 bits per heavy atom. The van der Waals surface area contributed by atoms with Crippen molar-refractivity contribution in [2.24, 2.45) is 0 Å². The molecule has 3 rings (SSSR count). The normalized spacial score (nSPS) is 11.7. The number of fused-ring (bicyclic) bond motifs is 1. The van der Waals surface area contributed by atoms with Crippen LogP contribution in [0.15, 0.2) is 48.8 Å². The van der Waals surface area contributed by atoms with Crippen LogP contribution >= 0.6 is 11.3 Å². The van der Waals surface area contributed by atoms with Gasteiger partial charge in [0.15, 0.2) is 0 Å². The van der Waals surface area contributed by atoms with E-state index in [0.717, 1.165) is 20.8 Å². The minimum absolute atomic E-state index is 0.0608. The lowest BCUT2D eigenvalue weighted by molar-refractivity contribution is -0.135. The fourth-order valence-corrected chi connectivity index (χ4v) is 3.00. The van der Waals surface area contributed by atoms with E-state index in [-0.39, 0.29) is 6.42 Å². The molecule has 104 valence electrons. The Kier molecular flexibility index (Phi) is 3.75. The highest BCUT2D eigenvalue weighted by molar-refractivity contribution is 7.19. The van der Waals surface area contributed by atoms with Crippen molar-refractivity contribution in [2.45, 2.75) is 6.42 Å². The predicted molar refractivity (Wildman–Crippen MR) is 84.0 cm³/mol. The van der Waals surface area contributed by atoms with Crippen LogP contribution in [0.25, 0.3) is 21.9 Å². The van der Waals surface area contributed by atoms with Crippen molar-refractivity contribution in [3.63, 3.8) is 0 Å². The van der Waals surface area contributed by atoms with E-state index in [9.17, 15) is 4.79 Å². The van der Waals surface area contributed by atoms with E-state index < -0.39 is 5.97 Å². The van der Waals surface area contributed by atoms with Crippen molar-refractivity contribution in [3.8, 4) is 0 Å². The Morgan fingerprint density at radius 1 is 1.24 bits per heavy atom. The molecule has 1 N–H and O–H groups in total. The maximum atomic E-state index is 11.1. The summed E-state index contributed by atoms with van der Waals surface area (Å²) in [6, 6.07) is 11.5. The van der Waals surface area contributed by atoms with Crippen LogP contribution < -0.4 is 0 Å². The summed E-state index contributed by atoms with van der Waals surface area (Å²) in [6.07, 6.45) is 5.16. The van der Waals surface area contributed by atoms with E-state index in [0.29, 0.717) is 5.57 Å². The van der Waals surface area contributed by atoms with Crippen LogP contribution in [0.1, 0.15) is 17.0 Å². The molecule has 0 spiro atoms. The Morgan fingerprint density at radius 2 is 2.10 bits per heavy atom. The van der Waals surface area contributed by atoms with Crippen LogP contribution in [0, 0.1) is 0 Å². The molecule has 2 aromatic heterocycles. The number of carboxylic acid groups (broad SMARTS) is 1. The summed E-state index contributed by atoms with van der Waals surface area (Å²) in [5.74, 6) is -0.871. The van der Waals surface area contributed by atoms with E-state index in [4.69, 9.17) is 5.11 Å².